The average Bonchev–Trinajstić information content (AvgIpc) is 3.18. The van der Waals surface area contributed by atoms with E-state index in [4.69, 9.17) is 15.4 Å². The number of carbonyl (C=O) groups excluding carboxylic acids is 2. The normalized spacial score (nSPS) is 14.4. The van der Waals surface area contributed by atoms with Gasteiger partial charge in [-0.2, -0.15) is 5.26 Å². The van der Waals surface area contributed by atoms with Crippen LogP contribution in [0.2, 0.25) is 0 Å². The number of amides is 1. The second kappa shape index (κ2) is 10.4. The molecule has 38 heavy (non-hydrogen) atoms. The van der Waals surface area contributed by atoms with Gasteiger partial charge in [0.2, 0.25) is 0 Å². The van der Waals surface area contributed by atoms with Crippen LogP contribution in [0.25, 0.3) is 0 Å². The fourth-order valence-corrected chi connectivity index (χ4v) is 5.04. The van der Waals surface area contributed by atoms with Gasteiger partial charge in [-0.05, 0) is 35.2 Å². The molecule has 0 fully saturated rings. The molecular weight excluding hydrogens is 480 g/mol. The number of carbonyl (C=O) groups is 2. The van der Waals surface area contributed by atoms with Gasteiger partial charge in [0.25, 0.3) is 5.91 Å². The molecule has 0 aromatic heterocycles. The Morgan fingerprint density at radius 1 is 1.18 bits per heavy atom. The van der Waals surface area contributed by atoms with Crippen molar-refractivity contribution < 1.29 is 14.3 Å². The number of amidine groups is 1. The standard InChI is InChI=1S/C29H36N6O3/c1-29(2,3)22-12-18(13-24-26(22)38-11-10-34(24)9-7-8-30)25(36)17-35-16-19-14-23(33(5)6)21(28(37)32-4)15-20(19)27(35)31/h12-15,31H,7,9-11,16-17H2,1-6H3,(H,32,37). The van der Waals surface area contributed by atoms with Gasteiger partial charge < -0.3 is 24.8 Å². The molecule has 2 heterocycles. The molecule has 0 aliphatic carbocycles. The molecule has 9 heteroatoms. The number of Topliss-reactive ketones (excluding diaryl/α,β-unsaturated/α-hetero) is 1. The summed E-state index contributed by atoms with van der Waals surface area (Å²) in [5, 5.41) is 20.6. The first-order chi connectivity index (χ1) is 18.0. The molecule has 0 saturated heterocycles. The lowest BCUT2D eigenvalue weighted by molar-refractivity contribution is 0.0955. The van der Waals surface area contributed by atoms with Gasteiger partial charge in [0.05, 0.1) is 36.8 Å². The highest BCUT2D eigenvalue weighted by Gasteiger charge is 2.32. The summed E-state index contributed by atoms with van der Waals surface area (Å²) in [6, 6.07) is 9.66. The minimum Gasteiger partial charge on any atom is -0.489 e. The zero-order chi connectivity index (χ0) is 27.8. The summed E-state index contributed by atoms with van der Waals surface area (Å²) in [6.45, 7) is 8.50. The van der Waals surface area contributed by atoms with Crippen molar-refractivity contribution in [3.8, 4) is 11.8 Å². The van der Waals surface area contributed by atoms with Crippen molar-refractivity contribution in [2.45, 2.75) is 39.2 Å². The summed E-state index contributed by atoms with van der Waals surface area (Å²) in [5.41, 5.74) is 4.94. The topological polar surface area (TPSA) is 113 Å². The molecule has 2 aliphatic rings. The van der Waals surface area contributed by atoms with Crippen LogP contribution in [0.5, 0.6) is 5.75 Å². The second-order valence-corrected chi connectivity index (χ2v) is 11.0. The van der Waals surface area contributed by atoms with Crippen molar-refractivity contribution >= 4 is 28.9 Å². The predicted molar refractivity (Wildman–Crippen MR) is 149 cm³/mol. The summed E-state index contributed by atoms with van der Waals surface area (Å²) >= 11 is 0. The Labute approximate surface area is 224 Å². The second-order valence-electron chi connectivity index (χ2n) is 11.0. The lowest BCUT2D eigenvalue weighted by Crippen LogP contribution is -2.35. The molecule has 0 spiro atoms. The first-order valence-corrected chi connectivity index (χ1v) is 12.8. The van der Waals surface area contributed by atoms with Gasteiger partial charge in [0.1, 0.15) is 18.2 Å². The van der Waals surface area contributed by atoms with Crippen LogP contribution in [0.4, 0.5) is 11.4 Å². The molecule has 9 nitrogen and oxygen atoms in total. The van der Waals surface area contributed by atoms with E-state index >= 15 is 0 Å². The summed E-state index contributed by atoms with van der Waals surface area (Å²) in [4.78, 5) is 31.9. The number of benzene rings is 2. The van der Waals surface area contributed by atoms with Crippen LogP contribution in [-0.2, 0) is 12.0 Å². The van der Waals surface area contributed by atoms with Gasteiger partial charge >= 0.3 is 0 Å². The van der Waals surface area contributed by atoms with Crippen LogP contribution in [-0.4, -0.2) is 69.8 Å². The predicted octanol–water partition coefficient (Wildman–Crippen LogP) is 3.55. The first kappa shape index (κ1) is 27.0. The molecule has 4 rings (SSSR count). The number of nitrogens with zero attached hydrogens (tertiary/aromatic N) is 4. The van der Waals surface area contributed by atoms with Gasteiger partial charge in [-0.3, -0.25) is 15.0 Å². The number of rotatable bonds is 7. The van der Waals surface area contributed by atoms with Crippen molar-refractivity contribution in [2.24, 2.45) is 0 Å². The van der Waals surface area contributed by atoms with E-state index in [1.54, 1.807) is 18.0 Å². The fourth-order valence-electron chi connectivity index (χ4n) is 5.04. The van der Waals surface area contributed by atoms with Gasteiger partial charge in [0, 0.05) is 56.6 Å². The summed E-state index contributed by atoms with van der Waals surface area (Å²) < 4.78 is 6.07. The van der Waals surface area contributed by atoms with E-state index in [2.05, 4.69) is 37.1 Å². The van der Waals surface area contributed by atoms with Crippen LogP contribution >= 0.6 is 0 Å². The minimum absolute atomic E-state index is 0.0432. The number of hydrogen-bond donors (Lipinski definition) is 2. The lowest BCUT2D eigenvalue weighted by Gasteiger charge is -2.35. The van der Waals surface area contributed by atoms with Gasteiger partial charge in [0.15, 0.2) is 5.78 Å². The van der Waals surface area contributed by atoms with E-state index in [-0.39, 0.29) is 29.5 Å². The van der Waals surface area contributed by atoms with Gasteiger partial charge in [-0.25, -0.2) is 0 Å². The quantitative estimate of drug-likeness (QED) is 0.541. The molecule has 1 amide bonds. The third-order valence-corrected chi connectivity index (χ3v) is 7.08. The zero-order valence-electron chi connectivity index (χ0n) is 23.1. The van der Waals surface area contributed by atoms with Crippen molar-refractivity contribution in [3.05, 3.63) is 52.1 Å². The molecule has 2 aliphatic heterocycles. The Morgan fingerprint density at radius 2 is 1.92 bits per heavy atom. The number of ketones is 1. The van der Waals surface area contributed by atoms with Gasteiger partial charge in [-0.15, -0.1) is 0 Å². The molecule has 2 aromatic rings. The lowest BCUT2D eigenvalue weighted by atomic mass is 9.84. The van der Waals surface area contributed by atoms with E-state index in [9.17, 15) is 9.59 Å². The van der Waals surface area contributed by atoms with E-state index in [0.717, 1.165) is 28.3 Å². The van der Waals surface area contributed by atoms with Crippen LogP contribution < -0.4 is 19.9 Å². The number of hydrogen-bond acceptors (Lipinski definition) is 7. The van der Waals surface area contributed by atoms with Gasteiger partial charge in [-0.1, -0.05) is 20.8 Å². The monoisotopic (exact) mass is 516 g/mol. The van der Waals surface area contributed by atoms with Crippen LogP contribution in [0.3, 0.4) is 0 Å². The highest BCUT2D eigenvalue weighted by atomic mass is 16.5. The average molecular weight is 517 g/mol. The highest BCUT2D eigenvalue weighted by Crippen LogP contribution is 2.42. The first-order valence-electron chi connectivity index (χ1n) is 12.8. The molecule has 0 radical (unpaired) electrons. The minimum atomic E-state index is -0.256. The van der Waals surface area contributed by atoms with Crippen molar-refractivity contribution in [2.75, 3.05) is 57.2 Å². The van der Waals surface area contributed by atoms with E-state index < -0.39 is 0 Å². The third kappa shape index (κ3) is 5.03. The molecule has 0 unspecified atom stereocenters. The fraction of sp³-hybridized carbons (Fsp3) is 0.448. The van der Waals surface area contributed by atoms with E-state index in [1.165, 1.54) is 0 Å². The SMILES string of the molecule is CNC(=O)c1cc2c(cc1N(C)C)CN(CC(=O)c1cc3c(c(C(C)(C)C)c1)OCCN3CCC#N)C2=N. The highest BCUT2D eigenvalue weighted by molar-refractivity contribution is 6.08. The maximum Gasteiger partial charge on any atom is 0.253 e. The Morgan fingerprint density at radius 3 is 2.55 bits per heavy atom. The molecular formula is C29H36N6O3. The number of fused-ring (bicyclic) bond motifs is 2. The molecule has 2 N–H and O–H groups in total. The Balaban J connectivity index is 1.66. The Bertz CT molecular complexity index is 1340. The molecule has 0 atom stereocenters. The molecule has 2 aromatic carbocycles. The van der Waals surface area contributed by atoms with Crippen LogP contribution in [0, 0.1) is 16.7 Å². The number of anilines is 2. The van der Waals surface area contributed by atoms with Crippen molar-refractivity contribution in [1.82, 2.24) is 10.2 Å². The van der Waals surface area contributed by atoms with Crippen LogP contribution in [0.1, 0.15) is 64.6 Å². The van der Waals surface area contributed by atoms with Crippen molar-refractivity contribution in [1.29, 1.82) is 10.7 Å². The van der Waals surface area contributed by atoms with Crippen molar-refractivity contribution in [3.63, 3.8) is 0 Å². The molecule has 0 bridgehead atoms. The third-order valence-electron chi connectivity index (χ3n) is 7.08. The largest absolute Gasteiger partial charge is 0.489 e. The van der Waals surface area contributed by atoms with E-state index in [0.29, 0.717) is 49.4 Å². The Hall–Kier alpha value is -4.06. The zero-order valence-corrected chi connectivity index (χ0v) is 23.1. The number of nitriles is 1. The molecule has 0 saturated carbocycles. The van der Waals surface area contributed by atoms with E-state index in [1.807, 2.05) is 37.2 Å². The Kier molecular flexibility index (Phi) is 7.36. The van der Waals surface area contributed by atoms with Crippen LogP contribution in [0.15, 0.2) is 24.3 Å². The number of ether oxygens (including phenoxy) is 1. The smallest absolute Gasteiger partial charge is 0.253 e. The number of nitrogens with one attached hydrogen (secondary N) is 2. The maximum atomic E-state index is 13.7. The summed E-state index contributed by atoms with van der Waals surface area (Å²) in [6.07, 6.45) is 0.388. The maximum absolute atomic E-state index is 13.7. The summed E-state index contributed by atoms with van der Waals surface area (Å²) in [5.74, 6) is 0.695. The molecule has 200 valence electrons. The summed E-state index contributed by atoms with van der Waals surface area (Å²) in [7, 11) is 5.34.